The molecule has 0 aliphatic heterocycles. The molecular formula is C23H27ClN2O3. The number of nitrogens with one attached hydrogen (secondary N) is 1. The summed E-state index contributed by atoms with van der Waals surface area (Å²) in [5.41, 5.74) is 4.45. The third-order valence-corrected chi connectivity index (χ3v) is 5.18. The average molecular weight is 415 g/mol. The van der Waals surface area contributed by atoms with Crippen LogP contribution in [0.1, 0.15) is 38.9 Å². The third kappa shape index (κ3) is 4.86. The van der Waals surface area contributed by atoms with E-state index < -0.39 is 0 Å². The van der Waals surface area contributed by atoms with E-state index in [1.165, 1.54) is 11.6 Å². The van der Waals surface area contributed by atoms with Crippen molar-refractivity contribution in [1.82, 2.24) is 10.2 Å². The number of amides is 1. The molecule has 1 heterocycles. The van der Waals surface area contributed by atoms with Gasteiger partial charge in [0.1, 0.15) is 5.58 Å². The first-order valence-electron chi connectivity index (χ1n) is 9.33. The fraction of sp³-hybridized carbons (Fsp3) is 0.304. The number of carbonyl (C=O) groups is 1. The Morgan fingerprint density at radius 1 is 1.07 bits per heavy atom. The second-order valence-corrected chi connectivity index (χ2v) is 7.46. The third-order valence-electron chi connectivity index (χ3n) is 5.18. The minimum atomic E-state index is -0.390. The van der Waals surface area contributed by atoms with Crippen molar-refractivity contribution in [2.75, 3.05) is 20.6 Å². The lowest BCUT2D eigenvalue weighted by atomic mass is 10.0. The second-order valence-electron chi connectivity index (χ2n) is 7.46. The molecule has 1 N–H and O–H groups in total. The molecule has 1 unspecified atom stereocenters. The highest BCUT2D eigenvalue weighted by atomic mass is 35.5. The van der Waals surface area contributed by atoms with Crippen LogP contribution in [-0.2, 0) is 0 Å². The zero-order valence-corrected chi connectivity index (χ0v) is 18.2. The summed E-state index contributed by atoms with van der Waals surface area (Å²) >= 11 is 0. The molecule has 0 bridgehead atoms. The van der Waals surface area contributed by atoms with Crippen molar-refractivity contribution in [1.29, 1.82) is 0 Å². The lowest BCUT2D eigenvalue weighted by Crippen LogP contribution is -2.34. The van der Waals surface area contributed by atoms with Gasteiger partial charge in [0.25, 0.3) is 5.91 Å². The zero-order valence-electron chi connectivity index (χ0n) is 17.4. The zero-order chi connectivity index (χ0) is 20.4. The molecule has 1 aromatic heterocycles. The highest BCUT2D eigenvalue weighted by molar-refractivity contribution is 5.93. The number of likely N-dealkylation sites (N-methyl/N-ethyl adjacent to an activating group) is 1. The predicted molar refractivity (Wildman–Crippen MR) is 119 cm³/mol. The number of hydrogen-bond acceptors (Lipinski definition) is 4. The molecule has 29 heavy (non-hydrogen) atoms. The number of aryl methyl sites for hydroxylation is 3. The van der Waals surface area contributed by atoms with Gasteiger partial charge >= 0.3 is 0 Å². The summed E-state index contributed by atoms with van der Waals surface area (Å²) in [5.74, 6) is -0.355. The molecule has 1 atom stereocenters. The van der Waals surface area contributed by atoms with Crippen LogP contribution in [-0.4, -0.2) is 31.4 Å². The molecule has 154 valence electrons. The van der Waals surface area contributed by atoms with Crippen LogP contribution in [0.15, 0.2) is 51.7 Å². The normalized spacial score (nSPS) is 11.9. The van der Waals surface area contributed by atoms with Crippen molar-refractivity contribution in [3.8, 4) is 0 Å². The molecule has 1 amide bonds. The number of rotatable bonds is 5. The maximum absolute atomic E-state index is 12.7. The molecule has 5 nitrogen and oxygen atoms in total. The van der Waals surface area contributed by atoms with Gasteiger partial charge in [0.05, 0.1) is 11.4 Å². The monoisotopic (exact) mass is 414 g/mol. The Hall–Kier alpha value is -2.63. The highest BCUT2D eigenvalue weighted by Crippen LogP contribution is 2.21. The number of fused-ring (bicyclic) bond motifs is 1. The average Bonchev–Trinajstić information content (AvgIpc) is 2.66. The Kier molecular flexibility index (Phi) is 7.22. The molecule has 2 aromatic carbocycles. The van der Waals surface area contributed by atoms with Crippen LogP contribution in [0.2, 0.25) is 0 Å². The van der Waals surface area contributed by atoms with Gasteiger partial charge in [-0.1, -0.05) is 35.9 Å². The van der Waals surface area contributed by atoms with E-state index in [-0.39, 0.29) is 35.5 Å². The molecule has 6 heteroatoms. The summed E-state index contributed by atoms with van der Waals surface area (Å²) in [5, 5.41) is 3.40. The first-order valence-corrected chi connectivity index (χ1v) is 9.33. The maximum Gasteiger partial charge on any atom is 0.287 e. The van der Waals surface area contributed by atoms with Crippen molar-refractivity contribution in [2.45, 2.75) is 26.8 Å². The highest BCUT2D eigenvalue weighted by Gasteiger charge is 2.18. The molecule has 0 saturated carbocycles. The lowest BCUT2D eigenvalue weighted by Gasteiger charge is -2.25. The van der Waals surface area contributed by atoms with Crippen LogP contribution in [0.4, 0.5) is 0 Å². The molecular weight excluding hydrogens is 388 g/mol. The number of carbonyl (C=O) groups excluding carboxylic acids is 1. The number of hydrogen-bond donors (Lipinski definition) is 1. The second kappa shape index (κ2) is 9.25. The van der Waals surface area contributed by atoms with E-state index in [0.29, 0.717) is 17.5 Å². The Labute approximate surface area is 177 Å². The van der Waals surface area contributed by atoms with Gasteiger partial charge in [0.2, 0.25) is 0 Å². The van der Waals surface area contributed by atoms with Crippen LogP contribution in [0.3, 0.4) is 0 Å². The van der Waals surface area contributed by atoms with Crippen molar-refractivity contribution in [3.63, 3.8) is 0 Å². The summed E-state index contributed by atoms with van der Waals surface area (Å²) in [6.07, 6.45) is 0. The SMILES string of the molecule is Cc1ccc(C(CNC(=O)c2cc(=O)c3ccc(C)c(C)c3o2)N(C)C)cc1.Cl. The van der Waals surface area contributed by atoms with Crippen molar-refractivity contribution in [3.05, 3.63) is 80.7 Å². The van der Waals surface area contributed by atoms with Crippen molar-refractivity contribution >= 4 is 29.3 Å². The van der Waals surface area contributed by atoms with Crippen LogP contribution in [0, 0.1) is 20.8 Å². The first-order chi connectivity index (χ1) is 13.3. The Morgan fingerprint density at radius 3 is 2.34 bits per heavy atom. The van der Waals surface area contributed by atoms with Gasteiger partial charge in [0, 0.05) is 12.6 Å². The largest absolute Gasteiger partial charge is 0.450 e. The van der Waals surface area contributed by atoms with Crippen LogP contribution < -0.4 is 10.7 Å². The molecule has 0 spiro atoms. The standard InChI is InChI=1S/C23H26N2O3.ClH/c1-14-6-9-17(10-7-14)19(25(4)5)13-24-23(27)21-12-20(26)18-11-8-15(2)16(3)22(18)28-21;/h6-12,19H,13H2,1-5H3,(H,24,27);1H. The predicted octanol–water partition coefficient (Wildman–Crippen LogP) is 4.17. The fourth-order valence-corrected chi connectivity index (χ4v) is 3.23. The van der Waals surface area contributed by atoms with Crippen molar-refractivity contribution in [2.24, 2.45) is 0 Å². The summed E-state index contributed by atoms with van der Waals surface area (Å²) in [6, 6.07) is 13.1. The van der Waals surface area contributed by atoms with Gasteiger partial charge in [-0.05, 0) is 57.6 Å². The lowest BCUT2D eigenvalue weighted by molar-refractivity contribution is 0.0914. The van der Waals surface area contributed by atoms with Gasteiger partial charge in [-0.25, -0.2) is 0 Å². The van der Waals surface area contributed by atoms with Gasteiger partial charge in [-0.2, -0.15) is 0 Å². The first kappa shape index (κ1) is 22.7. The molecule has 0 radical (unpaired) electrons. The smallest absolute Gasteiger partial charge is 0.287 e. The van der Waals surface area contributed by atoms with Gasteiger partial charge in [-0.3, -0.25) is 9.59 Å². The van der Waals surface area contributed by atoms with Gasteiger partial charge in [0.15, 0.2) is 11.2 Å². The number of benzene rings is 2. The van der Waals surface area contributed by atoms with E-state index in [1.807, 2.05) is 40.9 Å². The van der Waals surface area contributed by atoms with E-state index in [4.69, 9.17) is 4.42 Å². The van der Waals surface area contributed by atoms with Crippen LogP contribution in [0.5, 0.6) is 0 Å². The van der Waals surface area contributed by atoms with Gasteiger partial charge in [-0.15, -0.1) is 12.4 Å². The Morgan fingerprint density at radius 2 is 1.72 bits per heavy atom. The molecule has 0 aliphatic carbocycles. The minimum Gasteiger partial charge on any atom is -0.450 e. The van der Waals surface area contributed by atoms with Crippen molar-refractivity contribution < 1.29 is 9.21 Å². The molecule has 0 saturated heterocycles. The summed E-state index contributed by atoms with van der Waals surface area (Å²) < 4.78 is 5.80. The molecule has 0 aliphatic rings. The maximum atomic E-state index is 12.7. The van der Waals surface area contributed by atoms with E-state index in [9.17, 15) is 9.59 Å². The number of halogens is 1. The Balaban J connectivity index is 0.00000300. The minimum absolute atomic E-state index is 0. The van der Waals surface area contributed by atoms with Crippen LogP contribution in [0.25, 0.3) is 11.0 Å². The Bertz CT molecular complexity index is 1070. The van der Waals surface area contributed by atoms with E-state index in [1.54, 1.807) is 6.07 Å². The summed E-state index contributed by atoms with van der Waals surface area (Å²) in [7, 11) is 3.94. The topological polar surface area (TPSA) is 62.6 Å². The number of nitrogens with zero attached hydrogens (tertiary/aromatic N) is 1. The van der Waals surface area contributed by atoms with Crippen LogP contribution >= 0.6 is 12.4 Å². The van der Waals surface area contributed by atoms with E-state index in [0.717, 1.165) is 16.7 Å². The summed E-state index contributed by atoms with van der Waals surface area (Å²) in [4.78, 5) is 27.2. The van der Waals surface area contributed by atoms with E-state index >= 15 is 0 Å². The fourth-order valence-electron chi connectivity index (χ4n) is 3.23. The quantitative estimate of drug-likeness (QED) is 0.680. The molecule has 3 rings (SSSR count). The van der Waals surface area contributed by atoms with Gasteiger partial charge < -0.3 is 14.6 Å². The summed E-state index contributed by atoms with van der Waals surface area (Å²) in [6.45, 7) is 6.29. The van der Waals surface area contributed by atoms with E-state index in [2.05, 4.69) is 34.5 Å². The molecule has 3 aromatic rings. The molecule has 0 fully saturated rings.